The van der Waals surface area contributed by atoms with Crippen molar-refractivity contribution in [3.63, 3.8) is 0 Å². The van der Waals surface area contributed by atoms with Gasteiger partial charge in [0.15, 0.2) is 11.5 Å². The lowest BCUT2D eigenvalue weighted by Crippen LogP contribution is -2.29. The SMILES string of the molecule is O=C(NCC#CCOc1ccc2c(c1)OCO2)Nc1c(F)cccc1F. The van der Waals surface area contributed by atoms with Gasteiger partial charge < -0.3 is 24.8 Å². The van der Waals surface area contributed by atoms with E-state index in [0.717, 1.165) is 12.1 Å². The summed E-state index contributed by atoms with van der Waals surface area (Å²) < 4.78 is 42.7. The molecule has 1 aliphatic rings. The quantitative estimate of drug-likeness (QED) is 0.823. The number of nitrogens with one attached hydrogen (secondary N) is 2. The molecule has 6 nitrogen and oxygen atoms in total. The summed E-state index contributed by atoms with van der Waals surface area (Å²) in [5, 5.41) is 4.46. The summed E-state index contributed by atoms with van der Waals surface area (Å²) in [6.45, 7) is 0.278. The number of carbonyl (C=O) groups excluding carboxylic acids is 1. The van der Waals surface area contributed by atoms with E-state index >= 15 is 0 Å². The number of benzene rings is 2. The number of rotatable bonds is 4. The van der Waals surface area contributed by atoms with E-state index in [1.807, 2.05) is 0 Å². The van der Waals surface area contributed by atoms with Crippen molar-refractivity contribution < 1.29 is 27.8 Å². The molecular formula is C18H14F2N2O4. The summed E-state index contributed by atoms with van der Waals surface area (Å²) in [5.41, 5.74) is -0.510. The van der Waals surface area contributed by atoms with Gasteiger partial charge in [0.1, 0.15) is 29.7 Å². The van der Waals surface area contributed by atoms with Crippen LogP contribution in [0.4, 0.5) is 19.3 Å². The molecule has 2 aromatic rings. The van der Waals surface area contributed by atoms with Crippen LogP contribution in [0.25, 0.3) is 0 Å². The van der Waals surface area contributed by atoms with Gasteiger partial charge in [0.05, 0.1) is 6.54 Å². The van der Waals surface area contributed by atoms with Gasteiger partial charge in [-0.3, -0.25) is 0 Å². The molecule has 8 heteroatoms. The molecule has 3 rings (SSSR count). The first kappa shape index (κ1) is 17.4. The molecule has 0 aliphatic carbocycles. The van der Waals surface area contributed by atoms with Crippen LogP contribution in [0.3, 0.4) is 0 Å². The molecular weight excluding hydrogens is 346 g/mol. The molecule has 1 heterocycles. The molecule has 0 saturated heterocycles. The lowest BCUT2D eigenvalue weighted by Gasteiger charge is -2.07. The smallest absolute Gasteiger partial charge is 0.320 e. The molecule has 0 radical (unpaired) electrons. The van der Waals surface area contributed by atoms with E-state index in [0.29, 0.717) is 17.2 Å². The third-order valence-corrected chi connectivity index (χ3v) is 3.32. The fraction of sp³-hybridized carbons (Fsp3) is 0.167. The highest BCUT2D eigenvalue weighted by Crippen LogP contribution is 2.34. The van der Waals surface area contributed by atoms with Gasteiger partial charge in [-0.05, 0) is 24.3 Å². The Morgan fingerprint density at radius 2 is 1.88 bits per heavy atom. The van der Waals surface area contributed by atoms with Crippen LogP contribution in [0, 0.1) is 23.5 Å². The molecule has 0 aromatic heterocycles. The lowest BCUT2D eigenvalue weighted by atomic mass is 10.3. The van der Waals surface area contributed by atoms with Gasteiger partial charge in [-0.2, -0.15) is 0 Å². The zero-order chi connectivity index (χ0) is 18.4. The number of halogens is 2. The molecule has 2 amide bonds. The fourth-order valence-electron chi connectivity index (χ4n) is 2.10. The Balaban J connectivity index is 1.41. The maximum atomic E-state index is 13.4. The molecule has 134 valence electrons. The first-order valence-electron chi connectivity index (χ1n) is 7.60. The monoisotopic (exact) mass is 360 g/mol. The molecule has 0 fully saturated rings. The fourth-order valence-corrected chi connectivity index (χ4v) is 2.10. The normalized spacial score (nSPS) is 11.3. The molecule has 1 aliphatic heterocycles. The van der Waals surface area contributed by atoms with Crippen molar-refractivity contribution in [2.75, 3.05) is 25.3 Å². The van der Waals surface area contributed by atoms with Gasteiger partial charge in [0.25, 0.3) is 0 Å². The standard InChI is InChI=1S/C18H14F2N2O4/c19-13-4-3-5-14(20)17(13)22-18(23)21-8-1-2-9-24-12-6-7-15-16(10-12)26-11-25-15/h3-7,10H,8-9,11H2,(H2,21,22,23). The number of ether oxygens (including phenoxy) is 3. The van der Waals surface area contributed by atoms with E-state index in [2.05, 4.69) is 22.5 Å². The molecule has 0 saturated carbocycles. The van der Waals surface area contributed by atoms with Crippen molar-refractivity contribution in [3.05, 3.63) is 48.0 Å². The van der Waals surface area contributed by atoms with Gasteiger partial charge in [-0.1, -0.05) is 17.9 Å². The molecule has 0 spiro atoms. The van der Waals surface area contributed by atoms with Gasteiger partial charge >= 0.3 is 6.03 Å². The van der Waals surface area contributed by atoms with E-state index in [1.165, 1.54) is 6.07 Å². The van der Waals surface area contributed by atoms with Crippen molar-refractivity contribution in [2.24, 2.45) is 0 Å². The predicted octanol–water partition coefficient (Wildman–Crippen LogP) is 2.90. The number of urea groups is 1. The molecule has 26 heavy (non-hydrogen) atoms. The van der Waals surface area contributed by atoms with Crippen molar-refractivity contribution in [3.8, 4) is 29.1 Å². The topological polar surface area (TPSA) is 68.8 Å². The average molecular weight is 360 g/mol. The third kappa shape index (κ3) is 4.33. The van der Waals surface area contributed by atoms with Gasteiger partial charge in [0.2, 0.25) is 6.79 Å². The van der Waals surface area contributed by atoms with Crippen LogP contribution < -0.4 is 24.8 Å². The first-order chi connectivity index (χ1) is 12.6. The molecule has 0 atom stereocenters. The van der Waals surface area contributed by atoms with Crippen LogP contribution in [-0.4, -0.2) is 26.0 Å². The number of hydrogen-bond acceptors (Lipinski definition) is 4. The summed E-state index contributed by atoms with van der Waals surface area (Å²) in [4.78, 5) is 11.6. The molecule has 0 bridgehead atoms. The van der Waals surface area contributed by atoms with Crippen molar-refractivity contribution in [1.82, 2.24) is 5.32 Å². The minimum Gasteiger partial charge on any atom is -0.481 e. The average Bonchev–Trinajstić information content (AvgIpc) is 3.09. The van der Waals surface area contributed by atoms with E-state index in [4.69, 9.17) is 14.2 Å². The van der Waals surface area contributed by atoms with Crippen LogP contribution in [0.2, 0.25) is 0 Å². The van der Waals surface area contributed by atoms with E-state index in [9.17, 15) is 13.6 Å². The van der Waals surface area contributed by atoms with Crippen molar-refractivity contribution in [1.29, 1.82) is 0 Å². The lowest BCUT2D eigenvalue weighted by molar-refractivity contribution is 0.174. The summed E-state index contributed by atoms with van der Waals surface area (Å²) in [6.07, 6.45) is 0. The second kappa shape index (κ2) is 8.07. The summed E-state index contributed by atoms with van der Waals surface area (Å²) in [6, 6.07) is 7.69. The Bertz CT molecular complexity index is 857. The first-order valence-corrected chi connectivity index (χ1v) is 7.60. The van der Waals surface area contributed by atoms with Crippen LogP contribution in [-0.2, 0) is 0 Å². The van der Waals surface area contributed by atoms with Crippen LogP contribution in [0.1, 0.15) is 0 Å². The number of para-hydroxylation sites is 1. The number of fused-ring (bicyclic) bond motifs is 1. The zero-order valence-electron chi connectivity index (χ0n) is 13.5. The van der Waals surface area contributed by atoms with Crippen LogP contribution >= 0.6 is 0 Å². The maximum Gasteiger partial charge on any atom is 0.320 e. The van der Waals surface area contributed by atoms with Gasteiger partial charge in [-0.15, -0.1) is 0 Å². The summed E-state index contributed by atoms with van der Waals surface area (Å²) >= 11 is 0. The highest BCUT2D eigenvalue weighted by Gasteiger charge is 2.13. The maximum absolute atomic E-state index is 13.4. The second-order valence-electron chi connectivity index (χ2n) is 5.06. The van der Waals surface area contributed by atoms with Crippen molar-refractivity contribution >= 4 is 11.7 Å². The summed E-state index contributed by atoms with van der Waals surface area (Å²) in [5.74, 6) is 5.49. The Morgan fingerprint density at radius 1 is 1.12 bits per heavy atom. The zero-order valence-corrected chi connectivity index (χ0v) is 13.5. The highest BCUT2D eigenvalue weighted by molar-refractivity contribution is 5.89. The Morgan fingerprint density at radius 3 is 2.69 bits per heavy atom. The van der Waals surface area contributed by atoms with E-state index < -0.39 is 23.4 Å². The highest BCUT2D eigenvalue weighted by atomic mass is 19.1. The number of hydrogen-bond donors (Lipinski definition) is 2. The number of amides is 2. The Hall–Kier alpha value is -3.47. The molecule has 0 unspecified atom stereocenters. The third-order valence-electron chi connectivity index (χ3n) is 3.32. The van der Waals surface area contributed by atoms with E-state index in [1.54, 1.807) is 18.2 Å². The Kier molecular flexibility index (Phi) is 5.39. The summed E-state index contributed by atoms with van der Waals surface area (Å²) in [7, 11) is 0. The number of anilines is 1. The minimum absolute atomic E-state index is 0.00754. The largest absolute Gasteiger partial charge is 0.481 e. The van der Waals surface area contributed by atoms with Gasteiger partial charge in [0, 0.05) is 6.07 Å². The van der Waals surface area contributed by atoms with Crippen LogP contribution in [0.15, 0.2) is 36.4 Å². The van der Waals surface area contributed by atoms with E-state index in [-0.39, 0.29) is 19.9 Å². The molecule has 2 N–H and O–H groups in total. The van der Waals surface area contributed by atoms with Crippen LogP contribution in [0.5, 0.6) is 17.2 Å². The molecule has 2 aromatic carbocycles. The van der Waals surface area contributed by atoms with Crippen molar-refractivity contribution in [2.45, 2.75) is 0 Å². The van der Waals surface area contributed by atoms with Gasteiger partial charge in [-0.25, -0.2) is 13.6 Å². The minimum atomic E-state index is -0.858. The Labute approximate surface area is 148 Å². The number of carbonyl (C=O) groups is 1. The predicted molar refractivity (Wildman–Crippen MR) is 89.2 cm³/mol. The second-order valence-corrected chi connectivity index (χ2v) is 5.06.